The minimum Gasteiger partial charge on any atom is -0.378 e. The molecule has 0 bridgehead atoms. The van der Waals surface area contributed by atoms with Crippen LogP contribution >= 0.6 is 11.3 Å². The van der Waals surface area contributed by atoms with E-state index in [0.717, 1.165) is 53.7 Å². The zero-order chi connectivity index (χ0) is 14.2. The fraction of sp³-hybridized carbons (Fsp3) is 0.286. The molecule has 1 fully saturated rings. The summed E-state index contributed by atoms with van der Waals surface area (Å²) in [6, 6.07) is 5.83. The summed E-state index contributed by atoms with van der Waals surface area (Å²) < 4.78 is 5.36. The van der Waals surface area contributed by atoms with Crippen LogP contribution in [0.1, 0.15) is 0 Å². The summed E-state index contributed by atoms with van der Waals surface area (Å²) in [6.45, 7) is 3.28. The third-order valence-electron chi connectivity index (χ3n) is 3.59. The Morgan fingerprint density at radius 1 is 1.19 bits per heavy atom. The number of morpholine rings is 1. The molecule has 108 valence electrons. The van der Waals surface area contributed by atoms with E-state index in [1.54, 1.807) is 11.3 Å². The third-order valence-corrected chi connectivity index (χ3v) is 4.49. The first kappa shape index (κ1) is 12.6. The van der Waals surface area contributed by atoms with Crippen LogP contribution in [0.15, 0.2) is 28.4 Å². The fourth-order valence-corrected chi connectivity index (χ4v) is 3.38. The largest absolute Gasteiger partial charge is 0.378 e. The number of hydrogen-bond donors (Lipinski definition) is 2. The van der Waals surface area contributed by atoms with Gasteiger partial charge in [-0.05, 0) is 12.1 Å². The van der Waals surface area contributed by atoms with Crippen molar-refractivity contribution >= 4 is 27.5 Å². The molecule has 0 atom stereocenters. The summed E-state index contributed by atoms with van der Waals surface area (Å²) in [4.78, 5) is 23.8. The van der Waals surface area contributed by atoms with Crippen molar-refractivity contribution in [3.63, 3.8) is 0 Å². The number of aromatic amines is 2. The maximum absolute atomic E-state index is 11.3. The number of H-pyrrole nitrogens is 2. The lowest BCUT2D eigenvalue weighted by molar-refractivity contribution is 0.122. The molecule has 2 aromatic heterocycles. The molecule has 0 unspecified atom stereocenters. The Kier molecular flexibility index (Phi) is 3.01. The quantitative estimate of drug-likeness (QED) is 0.757. The van der Waals surface area contributed by atoms with E-state index in [-0.39, 0.29) is 5.69 Å². The van der Waals surface area contributed by atoms with Gasteiger partial charge in [0.1, 0.15) is 0 Å². The van der Waals surface area contributed by atoms with Gasteiger partial charge in [0.25, 0.3) is 0 Å². The Labute approximate surface area is 124 Å². The number of benzene rings is 1. The topological polar surface area (TPSA) is 74.0 Å². The Morgan fingerprint density at radius 2 is 2.00 bits per heavy atom. The molecule has 0 spiro atoms. The molecule has 6 nitrogen and oxygen atoms in total. The van der Waals surface area contributed by atoms with Gasteiger partial charge in [-0.15, -0.1) is 11.3 Å². The van der Waals surface area contributed by atoms with E-state index in [0.29, 0.717) is 0 Å². The van der Waals surface area contributed by atoms with E-state index in [4.69, 9.17) is 9.72 Å². The molecule has 0 radical (unpaired) electrons. The van der Waals surface area contributed by atoms with Crippen LogP contribution in [0.25, 0.3) is 22.3 Å². The van der Waals surface area contributed by atoms with E-state index in [1.807, 2.05) is 18.2 Å². The lowest BCUT2D eigenvalue weighted by atomic mass is 10.1. The molecule has 1 saturated heterocycles. The number of ether oxygens (including phenoxy) is 1. The predicted molar refractivity (Wildman–Crippen MR) is 83.1 cm³/mol. The van der Waals surface area contributed by atoms with Crippen LogP contribution in [0.5, 0.6) is 0 Å². The van der Waals surface area contributed by atoms with Crippen LogP contribution in [0.3, 0.4) is 0 Å². The molecule has 7 heteroatoms. The van der Waals surface area contributed by atoms with Crippen molar-refractivity contribution in [1.82, 2.24) is 15.0 Å². The second-order valence-electron chi connectivity index (χ2n) is 4.95. The molecule has 21 heavy (non-hydrogen) atoms. The maximum atomic E-state index is 11.3. The molecule has 2 N–H and O–H groups in total. The molecule has 1 aliphatic heterocycles. The molecule has 3 aromatic rings. The van der Waals surface area contributed by atoms with Gasteiger partial charge >= 0.3 is 5.69 Å². The lowest BCUT2D eigenvalue weighted by Gasteiger charge is -2.26. The van der Waals surface area contributed by atoms with Crippen LogP contribution in [0, 0.1) is 0 Å². The summed E-state index contributed by atoms with van der Waals surface area (Å²) in [7, 11) is 0. The monoisotopic (exact) mass is 302 g/mol. The van der Waals surface area contributed by atoms with Crippen molar-refractivity contribution in [3.05, 3.63) is 34.1 Å². The first-order chi connectivity index (χ1) is 10.3. The molecule has 0 aliphatic carbocycles. The standard InChI is InChI=1S/C14H14N4O2S/c19-13-15-10-2-1-9(7-11(10)16-13)12-8-21-14(17-12)18-3-5-20-6-4-18/h1-2,7-8H,3-6H2,(H2,15,16,19). The highest BCUT2D eigenvalue weighted by Crippen LogP contribution is 2.29. The second-order valence-corrected chi connectivity index (χ2v) is 5.79. The van der Waals surface area contributed by atoms with E-state index in [1.165, 1.54) is 0 Å². The molecular weight excluding hydrogens is 288 g/mol. The zero-order valence-corrected chi connectivity index (χ0v) is 12.1. The molecule has 0 saturated carbocycles. The lowest BCUT2D eigenvalue weighted by Crippen LogP contribution is -2.36. The van der Waals surface area contributed by atoms with Gasteiger partial charge in [-0.3, -0.25) is 0 Å². The molecule has 4 rings (SSSR count). The molecule has 1 aliphatic rings. The number of anilines is 1. The number of fused-ring (bicyclic) bond motifs is 1. The average molecular weight is 302 g/mol. The Balaban J connectivity index is 1.68. The maximum Gasteiger partial charge on any atom is 0.323 e. The van der Waals surface area contributed by atoms with Gasteiger partial charge in [0.2, 0.25) is 0 Å². The summed E-state index contributed by atoms with van der Waals surface area (Å²) in [5.41, 5.74) is 3.37. The number of imidazole rings is 1. The Bertz CT molecular complexity index is 829. The number of nitrogens with zero attached hydrogens (tertiary/aromatic N) is 2. The highest BCUT2D eigenvalue weighted by molar-refractivity contribution is 7.14. The van der Waals surface area contributed by atoms with Gasteiger partial charge < -0.3 is 19.6 Å². The molecular formula is C14H14N4O2S. The third kappa shape index (κ3) is 2.34. The number of nitrogens with one attached hydrogen (secondary N) is 2. The van der Waals surface area contributed by atoms with Crippen LogP contribution in [0.4, 0.5) is 5.13 Å². The minimum absolute atomic E-state index is 0.186. The normalized spacial score (nSPS) is 15.7. The number of thiazole rings is 1. The van der Waals surface area contributed by atoms with Crippen molar-refractivity contribution < 1.29 is 4.74 Å². The fourth-order valence-electron chi connectivity index (χ4n) is 2.49. The van der Waals surface area contributed by atoms with Gasteiger partial charge in [0.05, 0.1) is 29.9 Å². The zero-order valence-electron chi connectivity index (χ0n) is 11.3. The summed E-state index contributed by atoms with van der Waals surface area (Å²) in [6.07, 6.45) is 0. The highest BCUT2D eigenvalue weighted by Gasteiger charge is 2.15. The van der Waals surface area contributed by atoms with Gasteiger partial charge in [-0.1, -0.05) is 6.07 Å². The van der Waals surface area contributed by atoms with Crippen molar-refractivity contribution in [2.45, 2.75) is 0 Å². The number of aromatic nitrogens is 3. The SMILES string of the molecule is O=c1[nH]c2ccc(-c3csc(N4CCOCC4)n3)cc2[nH]1. The minimum atomic E-state index is -0.186. The summed E-state index contributed by atoms with van der Waals surface area (Å²) >= 11 is 1.64. The van der Waals surface area contributed by atoms with Crippen LogP contribution < -0.4 is 10.6 Å². The van der Waals surface area contributed by atoms with Crippen molar-refractivity contribution in [1.29, 1.82) is 0 Å². The van der Waals surface area contributed by atoms with E-state index in [2.05, 4.69) is 20.2 Å². The summed E-state index contributed by atoms with van der Waals surface area (Å²) in [5, 5.41) is 3.08. The highest BCUT2D eigenvalue weighted by atomic mass is 32.1. The first-order valence-electron chi connectivity index (χ1n) is 6.80. The van der Waals surface area contributed by atoms with Gasteiger partial charge in [-0.25, -0.2) is 9.78 Å². The summed E-state index contributed by atoms with van der Waals surface area (Å²) in [5.74, 6) is 0. The second kappa shape index (κ2) is 5.01. The van der Waals surface area contributed by atoms with E-state index >= 15 is 0 Å². The first-order valence-corrected chi connectivity index (χ1v) is 7.68. The van der Waals surface area contributed by atoms with Crippen LogP contribution in [-0.4, -0.2) is 41.3 Å². The van der Waals surface area contributed by atoms with Gasteiger partial charge in [0, 0.05) is 24.0 Å². The van der Waals surface area contributed by atoms with E-state index in [9.17, 15) is 4.79 Å². The van der Waals surface area contributed by atoms with E-state index < -0.39 is 0 Å². The van der Waals surface area contributed by atoms with Crippen molar-refractivity contribution in [2.24, 2.45) is 0 Å². The van der Waals surface area contributed by atoms with Crippen LogP contribution in [0.2, 0.25) is 0 Å². The molecule has 0 amide bonds. The predicted octanol–water partition coefficient (Wildman–Crippen LogP) is 1.82. The number of hydrogen-bond acceptors (Lipinski definition) is 5. The Morgan fingerprint density at radius 3 is 2.86 bits per heavy atom. The van der Waals surface area contributed by atoms with Gasteiger partial charge in [-0.2, -0.15) is 0 Å². The molecule has 3 heterocycles. The smallest absolute Gasteiger partial charge is 0.323 e. The average Bonchev–Trinajstić information content (AvgIpc) is 3.12. The molecule has 1 aromatic carbocycles. The Hall–Kier alpha value is -2.12. The number of rotatable bonds is 2. The van der Waals surface area contributed by atoms with Gasteiger partial charge in [0.15, 0.2) is 5.13 Å². The van der Waals surface area contributed by atoms with Crippen molar-refractivity contribution in [2.75, 3.05) is 31.2 Å². The van der Waals surface area contributed by atoms with Crippen LogP contribution in [-0.2, 0) is 4.74 Å². The van der Waals surface area contributed by atoms with Crippen molar-refractivity contribution in [3.8, 4) is 11.3 Å².